The SMILES string of the molecule is CC(=O)N1CCN(C(=O)C2(c3ccc4c(c3)OCO4)CC2)CC1. The molecular weight excluding hydrogens is 296 g/mol. The normalized spacial score (nSPS) is 21.3. The lowest BCUT2D eigenvalue weighted by molar-refractivity contribution is -0.140. The number of fused-ring (bicyclic) bond motifs is 1. The molecule has 2 heterocycles. The molecule has 0 unspecified atom stereocenters. The van der Waals surface area contributed by atoms with Crippen LogP contribution >= 0.6 is 0 Å². The highest BCUT2D eigenvalue weighted by Gasteiger charge is 2.53. The van der Waals surface area contributed by atoms with Gasteiger partial charge in [-0.1, -0.05) is 6.07 Å². The minimum absolute atomic E-state index is 0.0778. The average Bonchev–Trinajstić information content (AvgIpc) is 3.25. The van der Waals surface area contributed by atoms with Gasteiger partial charge in [0.1, 0.15) is 0 Å². The van der Waals surface area contributed by atoms with E-state index in [0.29, 0.717) is 26.2 Å². The first-order valence-corrected chi connectivity index (χ1v) is 8.05. The molecule has 1 aromatic carbocycles. The molecular formula is C17H20N2O4. The van der Waals surface area contributed by atoms with Crippen LogP contribution in [0, 0.1) is 0 Å². The molecule has 1 aliphatic carbocycles. The maximum Gasteiger partial charge on any atom is 0.233 e. The molecule has 2 amide bonds. The van der Waals surface area contributed by atoms with E-state index >= 15 is 0 Å². The number of piperazine rings is 1. The predicted octanol–water partition coefficient (Wildman–Crippen LogP) is 1.14. The zero-order valence-corrected chi connectivity index (χ0v) is 13.2. The van der Waals surface area contributed by atoms with Crippen molar-refractivity contribution in [2.24, 2.45) is 0 Å². The molecule has 0 radical (unpaired) electrons. The summed E-state index contributed by atoms with van der Waals surface area (Å²) in [5.74, 6) is 1.73. The summed E-state index contributed by atoms with van der Waals surface area (Å²) >= 11 is 0. The number of benzene rings is 1. The van der Waals surface area contributed by atoms with Gasteiger partial charge in [0.2, 0.25) is 18.6 Å². The lowest BCUT2D eigenvalue weighted by Gasteiger charge is -2.36. The van der Waals surface area contributed by atoms with E-state index in [9.17, 15) is 9.59 Å². The van der Waals surface area contributed by atoms with E-state index in [1.807, 2.05) is 23.1 Å². The number of carbonyl (C=O) groups excluding carboxylic acids is 2. The lowest BCUT2D eigenvalue weighted by atomic mass is 9.93. The maximum atomic E-state index is 13.0. The van der Waals surface area contributed by atoms with Gasteiger partial charge in [-0.05, 0) is 30.5 Å². The predicted molar refractivity (Wildman–Crippen MR) is 82.3 cm³/mol. The van der Waals surface area contributed by atoms with Crippen LogP contribution in [0.2, 0.25) is 0 Å². The van der Waals surface area contributed by atoms with Crippen LogP contribution in [0.5, 0.6) is 11.5 Å². The molecule has 6 heteroatoms. The molecule has 0 aromatic heterocycles. The minimum Gasteiger partial charge on any atom is -0.454 e. The van der Waals surface area contributed by atoms with Crippen LogP contribution < -0.4 is 9.47 Å². The van der Waals surface area contributed by atoms with E-state index in [1.165, 1.54) is 0 Å². The van der Waals surface area contributed by atoms with Crippen molar-refractivity contribution in [1.82, 2.24) is 9.80 Å². The Morgan fingerprint density at radius 2 is 1.65 bits per heavy atom. The number of rotatable bonds is 2. The van der Waals surface area contributed by atoms with E-state index in [0.717, 1.165) is 29.9 Å². The highest BCUT2D eigenvalue weighted by molar-refractivity contribution is 5.91. The van der Waals surface area contributed by atoms with Gasteiger partial charge in [-0.3, -0.25) is 9.59 Å². The molecule has 0 atom stereocenters. The third-order valence-corrected chi connectivity index (χ3v) is 5.10. The second-order valence-electron chi connectivity index (χ2n) is 6.45. The highest BCUT2D eigenvalue weighted by atomic mass is 16.7. The van der Waals surface area contributed by atoms with Crippen LogP contribution in [0.4, 0.5) is 0 Å². The number of hydrogen-bond acceptors (Lipinski definition) is 4. The van der Waals surface area contributed by atoms with Crippen molar-refractivity contribution < 1.29 is 19.1 Å². The summed E-state index contributed by atoms with van der Waals surface area (Å²) < 4.78 is 10.8. The zero-order chi connectivity index (χ0) is 16.0. The van der Waals surface area contributed by atoms with Crippen molar-refractivity contribution in [1.29, 1.82) is 0 Å². The Hall–Kier alpha value is -2.24. The van der Waals surface area contributed by atoms with Crippen molar-refractivity contribution in [2.45, 2.75) is 25.2 Å². The zero-order valence-electron chi connectivity index (χ0n) is 13.2. The van der Waals surface area contributed by atoms with Gasteiger partial charge in [0.25, 0.3) is 0 Å². The maximum absolute atomic E-state index is 13.0. The minimum atomic E-state index is -0.403. The summed E-state index contributed by atoms with van der Waals surface area (Å²) in [5.41, 5.74) is 0.611. The number of hydrogen-bond donors (Lipinski definition) is 0. The van der Waals surface area contributed by atoms with Crippen molar-refractivity contribution in [3.63, 3.8) is 0 Å². The molecule has 1 saturated carbocycles. The van der Waals surface area contributed by atoms with E-state index in [-0.39, 0.29) is 18.6 Å². The summed E-state index contributed by atoms with van der Waals surface area (Å²) in [5, 5.41) is 0. The molecule has 2 aliphatic heterocycles. The fraction of sp³-hybridized carbons (Fsp3) is 0.529. The topological polar surface area (TPSA) is 59.1 Å². The molecule has 6 nitrogen and oxygen atoms in total. The number of carbonyl (C=O) groups is 2. The highest BCUT2D eigenvalue weighted by Crippen LogP contribution is 2.51. The Morgan fingerprint density at radius 1 is 1.00 bits per heavy atom. The fourth-order valence-corrected chi connectivity index (χ4v) is 3.47. The molecule has 0 bridgehead atoms. The van der Waals surface area contributed by atoms with Crippen LogP contribution in [-0.4, -0.2) is 54.6 Å². The molecule has 1 aromatic rings. The Kier molecular flexibility index (Phi) is 3.21. The fourth-order valence-electron chi connectivity index (χ4n) is 3.47. The number of nitrogens with zero attached hydrogens (tertiary/aromatic N) is 2. The van der Waals surface area contributed by atoms with Crippen LogP contribution in [0.25, 0.3) is 0 Å². The second-order valence-corrected chi connectivity index (χ2v) is 6.45. The van der Waals surface area contributed by atoms with Gasteiger partial charge >= 0.3 is 0 Å². The van der Waals surface area contributed by atoms with Crippen molar-refractivity contribution in [2.75, 3.05) is 33.0 Å². The first kappa shape index (κ1) is 14.4. The monoisotopic (exact) mass is 316 g/mol. The largest absolute Gasteiger partial charge is 0.454 e. The van der Waals surface area contributed by atoms with E-state index in [2.05, 4.69) is 0 Å². The van der Waals surface area contributed by atoms with Crippen molar-refractivity contribution in [3.8, 4) is 11.5 Å². The quantitative estimate of drug-likeness (QED) is 0.821. The van der Waals surface area contributed by atoms with Gasteiger partial charge in [0, 0.05) is 33.1 Å². The van der Waals surface area contributed by atoms with E-state index < -0.39 is 5.41 Å². The summed E-state index contributed by atoms with van der Waals surface area (Å²) in [6, 6.07) is 5.81. The van der Waals surface area contributed by atoms with Gasteiger partial charge in [0.05, 0.1) is 5.41 Å². The van der Waals surface area contributed by atoms with Gasteiger partial charge < -0.3 is 19.3 Å². The number of ether oxygens (including phenoxy) is 2. The van der Waals surface area contributed by atoms with Crippen LogP contribution in [0.15, 0.2) is 18.2 Å². The van der Waals surface area contributed by atoms with Gasteiger partial charge in [-0.25, -0.2) is 0 Å². The van der Waals surface area contributed by atoms with Gasteiger partial charge in [0.15, 0.2) is 11.5 Å². The molecule has 4 rings (SSSR count). The summed E-state index contributed by atoms with van der Waals surface area (Å²) in [7, 11) is 0. The molecule has 3 aliphatic rings. The third kappa shape index (κ3) is 2.33. The first-order chi connectivity index (χ1) is 11.1. The summed E-state index contributed by atoms with van der Waals surface area (Å²) in [6.45, 7) is 4.30. The second kappa shape index (κ2) is 5.15. The molecule has 23 heavy (non-hydrogen) atoms. The molecule has 0 N–H and O–H groups in total. The Morgan fingerprint density at radius 3 is 2.30 bits per heavy atom. The average molecular weight is 316 g/mol. The van der Waals surface area contributed by atoms with Crippen molar-refractivity contribution >= 4 is 11.8 Å². The van der Waals surface area contributed by atoms with Crippen LogP contribution in [-0.2, 0) is 15.0 Å². The molecule has 0 spiro atoms. The van der Waals surface area contributed by atoms with Crippen LogP contribution in [0.1, 0.15) is 25.3 Å². The third-order valence-electron chi connectivity index (χ3n) is 5.10. The Labute approximate surface area is 134 Å². The molecule has 2 fully saturated rings. The molecule has 122 valence electrons. The van der Waals surface area contributed by atoms with E-state index in [4.69, 9.17) is 9.47 Å². The van der Waals surface area contributed by atoms with Gasteiger partial charge in [-0.15, -0.1) is 0 Å². The molecule has 1 saturated heterocycles. The summed E-state index contributed by atoms with van der Waals surface area (Å²) in [6.07, 6.45) is 1.75. The Balaban J connectivity index is 1.51. The van der Waals surface area contributed by atoms with Crippen molar-refractivity contribution in [3.05, 3.63) is 23.8 Å². The first-order valence-electron chi connectivity index (χ1n) is 8.05. The van der Waals surface area contributed by atoms with Gasteiger partial charge in [-0.2, -0.15) is 0 Å². The Bertz CT molecular complexity index is 661. The van der Waals surface area contributed by atoms with E-state index in [1.54, 1.807) is 11.8 Å². The van der Waals surface area contributed by atoms with Crippen LogP contribution in [0.3, 0.4) is 0 Å². The smallest absolute Gasteiger partial charge is 0.233 e. The lowest BCUT2D eigenvalue weighted by Crippen LogP contribution is -2.52. The summed E-state index contributed by atoms with van der Waals surface area (Å²) in [4.78, 5) is 28.1. The standard InChI is InChI=1S/C17H20N2O4/c1-12(20)18-6-8-19(9-7-18)16(21)17(4-5-17)13-2-3-14-15(10-13)23-11-22-14/h2-3,10H,4-9,11H2,1H3. The number of amides is 2.